The Hall–Kier alpha value is -2.78. The predicted octanol–water partition coefficient (Wildman–Crippen LogP) is 3.64. The number of non-ortho nitro benzene ring substituents is 1. The lowest BCUT2D eigenvalue weighted by Crippen LogP contribution is -2.42. The van der Waals surface area contributed by atoms with Crippen LogP contribution < -0.4 is 10.6 Å². The van der Waals surface area contributed by atoms with E-state index in [9.17, 15) is 19.7 Å². The number of hydrogen-bond donors (Lipinski definition) is 2. The average Bonchev–Trinajstić information content (AvgIpc) is 3.12. The van der Waals surface area contributed by atoms with Crippen LogP contribution in [-0.4, -0.2) is 41.3 Å². The second kappa shape index (κ2) is 10.3. The van der Waals surface area contributed by atoms with Gasteiger partial charge in [0.1, 0.15) is 0 Å². The van der Waals surface area contributed by atoms with Gasteiger partial charge in [-0.15, -0.1) is 0 Å². The molecule has 1 aromatic carbocycles. The zero-order chi connectivity index (χ0) is 21.5. The normalized spacial score (nSPS) is 15.8. The van der Waals surface area contributed by atoms with E-state index in [1.165, 1.54) is 31.0 Å². The summed E-state index contributed by atoms with van der Waals surface area (Å²) >= 11 is 1.61. The van der Waals surface area contributed by atoms with Gasteiger partial charge in [-0.25, -0.2) is 0 Å². The highest BCUT2D eigenvalue weighted by atomic mass is 32.1. The molecule has 160 valence electrons. The lowest BCUT2D eigenvalue weighted by molar-refractivity contribution is -0.384. The van der Waals surface area contributed by atoms with Gasteiger partial charge < -0.3 is 10.6 Å². The Balaban J connectivity index is 1.64. The van der Waals surface area contributed by atoms with Crippen LogP contribution in [0, 0.1) is 17.0 Å². The molecule has 2 N–H and O–H groups in total. The Bertz CT molecular complexity index is 892. The third-order valence-electron chi connectivity index (χ3n) is 5.35. The quantitative estimate of drug-likeness (QED) is 0.414. The second-order valence-electron chi connectivity index (χ2n) is 7.44. The molecule has 0 aliphatic carbocycles. The summed E-state index contributed by atoms with van der Waals surface area (Å²) in [6.07, 6.45) is 4.68. The summed E-state index contributed by atoms with van der Waals surface area (Å²) < 4.78 is 0. The Labute approximate surface area is 179 Å². The minimum absolute atomic E-state index is 0.0191. The number of carbonyl (C=O) groups is 2. The smallest absolute Gasteiger partial charge is 0.313 e. The highest BCUT2D eigenvalue weighted by Gasteiger charge is 2.24. The first-order valence-corrected chi connectivity index (χ1v) is 11.0. The van der Waals surface area contributed by atoms with Crippen LogP contribution in [0.5, 0.6) is 0 Å². The molecular formula is C21H26N4O4S. The van der Waals surface area contributed by atoms with Gasteiger partial charge >= 0.3 is 11.8 Å². The van der Waals surface area contributed by atoms with E-state index in [4.69, 9.17) is 0 Å². The Morgan fingerprint density at radius 1 is 1.17 bits per heavy atom. The van der Waals surface area contributed by atoms with Crippen molar-refractivity contribution in [3.8, 4) is 0 Å². The molecule has 1 unspecified atom stereocenters. The number of nitro benzene ring substituents is 1. The lowest BCUT2D eigenvalue weighted by atomic mass is 10.1. The molecule has 0 radical (unpaired) electrons. The molecule has 0 bridgehead atoms. The maximum Gasteiger partial charge on any atom is 0.313 e. The first-order chi connectivity index (χ1) is 14.5. The summed E-state index contributed by atoms with van der Waals surface area (Å²) in [6.45, 7) is 3.98. The number of benzene rings is 1. The molecule has 3 rings (SSSR count). The minimum Gasteiger partial charge on any atom is -0.346 e. The molecule has 1 aromatic heterocycles. The van der Waals surface area contributed by atoms with Crippen molar-refractivity contribution in [2.24, 2.45) is 0 Å². The second-order valence-corrected chi connectivity index (χ2v) is 8.22. The van der Waals surface area contributed by atoms with Gasteiger partial charge in [0.05, 0.1) is 16.7 Å². The summed E-state index contributed by atoms with van der Waals surface area (Å²) in [5.74, 6) is -1.59. The van der Waals surface area contributed by atoms with Crippen molar-refractivity contribution in [1.82, 2.24) is 10.2 Å². The standard InChI is InChI=1S/C21H26N4O4S/c1-15-6-7-17(25(28)29)12-18(15)23-21(27)20(26)22-13-19(16-8-11-30-14-16)24-9-4-2-3-5-10-24/h6-8,11-12,14,19H,2-5,9-10,13H2,1H3,(H,22,26)(H,23,27). The van der Waals surface area contributed by atoms with E-state index >= 15 is 0 Å². The molecule has 1 aliphatic heterocycles. The molecule has 2 amide bonds. The van der Waals surface area contributed by atoms with Gasteiger partial charge in [0.25, 0.3) is 5.69 Å². The van der Waals surface area contributed by atoms with Crippen molar-refractivity contribution >= 4 is 34.5 Å². The highest BCUT2D eigenvalue weighted by molar-refractivity contribution is 7.08. The van der Waals surface area contributed by atoms with Crippen molar-refractivity contribution in [1.29, 1.82) is 0 Å². The topological polar surface area (TPSA) is 105 Å². The summed E-state index contributed by atoms with van der Waals surface area (Å²) in [5, 5.41) is 20.3. The Kier molecular flexibility index (Phi) is 7.53. The Morgan fingerprint density at radius 3 is 2.53 bits per heavy atom. The van der Waals surface area contributed by atoms with Crippen molar-refractivity contribution in [3.05, 3.63) is 56.3 Å². The van der Waals surface area contributed by atoms with Gasteiger partial charge in [-0.3, -0.25) is 24.6 Å². The number of anilines is 1. The summed E-state index contributed by atoms with van der Waals surface area (Å²) in [6, 6.07) is 6.23. The first-order valence-electron chi connectivity index (χ1n) is 10.1. The number of likely N-dealkylation sites (tertiary alicyclic amines) is 1. The molecule has 8 nitrogen and oxygen atoms in total. The van der Waals surface area contributed by atoms with Crippen LogP contribution in [0.25, 0.3) is 0 Å². The molecule has 2 heterocycles. The van der Waals surface area contributed by atoms with Crippen LogP contribution in [-0.2, 0) is 9.59 Å². The lowest BCUT2D eigenvalue weighted by Gasteiger charge is -2.30. The van der Waals surface area contributed by atoms with Gasteiger partial charge in [0.15, 0.2) is 0 Å². The van der Waals surface area contributed by atoms with Gasteiger partial charge in [-0.1, -0.05) is 18.9 Å². The number of nitrogens with zero attached hydrogens (tertiary/aromatic N) is 2. The fraction of sp³-hybridized carbons (Fsp3) is 0.429. The van der Waals surface area contributed by atoms with E-state index in [1.807, 2.05) is 5.38 Å². The number of amides is 2. The number of aryl methyl sites for hydroxylation is 1. The van der Waals surface area contributed by atoms with Crippen molar-refractivity contribution in [2.75, 3.05) is 25.0 Å². The van der Waals surface area contributed by atoms with E-state index in [1.54, 1.807) is 18.3 Å². The molecule has 1 fully saturated rings. The van der Waals surface area contributed by atoms with E-state index in [2.05, 4.69) is 27.0 Å². The molecule has 1 atom stereocenters. The van der Waals surface area contributed by atoms with Gasteiger partial charge in [-0.2, -0.15) is 11.3 Å². The third-order valence-corrected chi connectivity index (χ3v) is 6.05. The molecule has 0 saturated carbocycles. The number of rotatable bonds is 6. The fourth-order valence-corrected chi connectivity index (χ4v) is 4.34. The fourth-order valence-electron chi connectivity index (χ4n) is 3.64. The molecule has 30 heavy (non-hydrogen) atoms. The van der Waals surface area contributed by atoms with Gasteiger partial charge in [0.2, 0.25) is 0 Å². The number of thiophene rings is 1. The van der Waals surface area contributed by atoms with Gasteiger partial charge in [0, 0.05) is 18.7 Å². The Morgan fingerprint density at radius 2 is 1.90 bits per heavy atom. The van der Waals surface area contributed by atoms with Crippen LogP contribution in [0.4, 0.5) is 11.4 Å². The largest absolute Gasteiger partial charge is 0.346 e. The number of nitro groups is 1. The summed E-state index contributed by atoms with van der Waals surface area (Å²) in [4.78, 5) is 37.6. The van der Waals surface area contributed by atoms with Crippen LogP contribution in [0.3, 0.4) is 0 Å². The molecule has 2 aromatic rings. The van der Waals surface area contributed by atoms with Crippen LogP contribution in [0.2, 0.25) is 0 Å². The van der Waals surface area contributed by atoms with Crippen molar-refractivity contribution < 1.29 is 14.5 Å². The molecule has 0 spiro atoms. The molecule has 1 aliphatic rings. The molecular weight excluding hydrogens is 404 g/mol. The zero-order valence-electron chi connectivity index (χ0n) is 16.9. The van der Waals surface area contributed by atoms with Crippen LogP contribution >= 0.6 is 11.3 Å². The molecule has 1 saturated heterocycles. The summed E-state index contributed by atoms with van der Waals surface area (Å²) in [5.41, 5.74) is 1.89. The summed E-state index contributed by atoms with van der Waals surface area (Å²) in [7, 11) is 0. The zero-order valence-corrected chi connectivity index (χ0v) is 17.7. The maximum atomic E-state index is 12.4. The van der Waals surface area contributed by atoms with Crippen LogP contribution in [0.1, 0.15) is 42.9 Å². The van der Waals surface area contributed by atoms with Gasteiger partial charge in [-0.05, 0) is 60.8 Å². The number of hydrogen-bond acceptors (Lipinski definition) is 6. The number of nitrogens with one attached hydrogen (secondary N) is 2. The van der Waals surface area contributed by atoms with E-state index in [-0.39, 0.29) is 17.4 Å². The molecule has 9 heteroatoms. The third kappa shape index (κ3) is 5.64. The minimum atomic E-state index is -0.835. The average molecular weight is 431 g/mol. The van der Waals surface area contributed by atoms with E-state index in [0.29, 0.717) is 12.1 Å². The maximum absolute atomic E-state index is 12.4. The van der Waals surface area contributed by atoms with Crippen molar-refractivity contribution in [2.45, 2.75) is 38.6 Å². The monoisotopic (exact) mass is 430 g/mol. The van der Waals surface area contributed by atoms with E-state index < -0.39 is 16.7 Å². The predicted molar refractivity (Wildman–Crippen MR) is 117 cm³/mol. The van der Waals surface area contributed by atoms with Crippen molar-refractivity contribution in [3.63, 3.8) is 0 Å². The van der Waals surface area contributed by atoms with Crippen LogP contribution in [0.15, 0.2) is 35.0 Å². The van der Waals surface area contributed by atoms with E-state index in [0.717, 1.165) is 31.5 Å². The highest BCUT2D eigenvalue weighted by Crippen LogP contribution is 2.26. The first kappa shape index (κ1) is 21.9. The number of carbonyl (C=O) groups excluding carboxylic acids is 2. The SMILES string of the molecule is Cc1ccc([N+](=O)[O-])cc1NC(=O)C(=O)NCC(c1ccsc1)N1CCCCCC1.